The molecule has 30 heavy (non-hydrogen) atoms. The molecule has 0 N–H and O–H groups in total. The molecular formula is C22H25FN6O. The van der Waals surface area contributed by atoms with E-state index in [1.807, 2.05) is 21.5 Å². The zero-order valence-corrected chi connectivity index (χ0v) is 17.0. The van der Waals surface area contributed by atoms with Crippen LogP contribution < -0.4 is 4.90 Å². The van der Waals surface area contributed by atoms with Crippen molar-refractivity contribution < 1.29 is 9.18 Å². The first-order valence-electron chi connectivity index (χ1n) is 10.6. The van der Waals surface area contributed by atoms with E-state index in [9.17, 15) is 9.18 Å². The summed E-state index contributed by atoms with van der Waals surface area (Å²) in [5.74, 6) is 0.0577. The second kappa shape index (κ2) is 7.66. The molecule has 5 heterocycles. The minimum atomic E-state index is -0.280. The smallest absolute Gasteiger partial charge is 0.226 e. The molecule has 7 nitrogen and oxygen atoms in total. The summed E-state index contributed by atoms with van der Waals surface area (Å²) in [6.07, 6.45) is 6.84. The molecule has 2 saturated heterocycles. The molecule has 2 aliphatic rings. The molecule has 0 aliphatic carbocycles. The molecule has 8 heteroatoms. The summed E-state index contributed by atoms with van der Waals surface area (Å²) in [5.41, 5.74) is 3.18. The molecule has 0 aromatic carbocycles. The van der Waals surface area contributed by atoms with Crippen molar-refractivity contribution in [3.8, 4) is 0 Å². The first-order chi connectivity index (χ1) is 14.6. The average molecular weight is 408 g/mol. The standard InChI is InChI=1S/C22H25FN6O/c1-15-20(23)11-18(12-24-15)27-8-9-28-19(13-27)10-16(22(28)30)4-2-5-17-6-3-7-21-25-14-26-29(17)21/h3,6-7,11-12,14,16,19H,2,4-5,8-10,13H2,1H3/t16-,19-/m0/s1. The van der Waals surface area contributed by atoms with Gasteiger partial charge in [-0.1, -0.05) is 6.07 Å². The first kappa shape index (κ1) is 19.0. The highest BCUT2D eigenvalue weighted by Crippen LogP contribution is 2.32. The minimum absolute atomic E-state index is 0.0674. The van der Waals surface area contributed by atoms with Gasteiger partial charge in [0.05, 0.1) is 23.6 Å². The van der Waals surface area contributed by atoms with E-state index in [4.69, 9.17) is 0 Å². The summed E-state index contributed by atoms with van der Waals surface area (Å²) in [5, 5.41) is 4.28. The Balaban J connectivity index is 1.20. The summed E-state index contributed by atoms with van der Waals surface area (Å²) in [6.45, 7) is 3.81. The lowest BCUT2D eigenvalue weighted by atomic mass is 9.97. The molecule has 0 unspecified atom stereocenters. The Morgan fingerprint density at radius 1 is 1.23 bits per heavy atom. The van der Waals surface area contributed by atoms with E-state index < -0.39 is 0 Å². The van der Waals surface area contributed by atoms with E-state index in [-0.39, 0.29) is 23.7 Å². The van der Waals surface area contributed by atoms with Crippen LogP contribution in [-0.2, 0) is 11.2 Å². The van der Waals surface area contributed by atoms with Crippen LogP contribution in [0.5, 0.6) is 0 Å². The van der Waals surface area contributed by atoms with Gasteiger partial charge < -0.3 is 9.80 Å². The Labute approximate surface area is 174 Å². The van der Waals surface area contributed by atoms with Crippen LogP contribution in [-0.4, -0.2) is 56.1 Å². The van der Waals surface area contributed by atoms with Crippen molar-refractivity contribution in [3.63, 3.8) is 0 Å². The van der Waals surface area contributed by atoms with E-state index >= 15 is 0 Å². The van der Waals surface area contributed by atoms with Crippen molar-refractivity contribution in [1.29, 1.82) is 0 Å². The highest BCUT2D eigenvalue weighted by atomic mass is 19.1. The number of hydrogen-bond donors (Lipinski definition) is 0. The van der Waals surface area contributed by atoms with E-state index in [1.165, 1.54) is 0 Å². The molecule has 5 rings (SSSR count). The van der Waals surface area contributed by atoms with Gasteiger partial charge in [-0.2, -0.15) is 5.10 Å². The van der Waals surface area contributed by atoms with Crippen molar-refractivity contribution in [1.82, 2.24) is 24.5 Å². The molecule has 1 amide bonds. The van der Waals surface area contributed by atoms with Crippen molar-refractivity contribution in [2.45, 2.75) is 38.6 Å². The van der Waals surface area contributed by atoms with Crippen LogP contribution in [0.1, 0.15) is 30.7 Å². The van der Waals surface area contributed by atoms with Crippen LogP contribution in [0, 0.1) is 18.7 Å². The summed E-state index contributed by atoms with van der Waals surface area (Å²) in [7, 11) is 0. The number of amides is 1. The molecule has 0 spiro atoms. The number of carbonyl (C=O) groups is 1. The lowest BCUT2D eigenvalue weighted by Crippen LogP contribution is -2.51. The molecule has 2 aliphatic heterocycles. The molecule has 3 aromatic heterocycles. The lowest BCUT2D eigenvalue weighted by molar-refractivity contribution is -0.132. The van der Waals surface area contributed by atoms with Crippen LogP contribution in [0.4, 0.5) is 10.1 Å². The van der Waals surface area contributed by atoms with Gasteiger partial charge in [0.25, 0.3) is 0 Å². The van der Waals surface area contributed by atoms with Gasteiger partial charge in [0, 0.05) is 37.3 Å². The molecular weight excluding hydrogens is 383 g/mol. The summed E-state index contributed by atoms with van der Waals surface area (Å²) in [4.78, 5) is 25.5. The number of fused-ring (bicyclic) bond motifs is 2. The predicted octanol–water partition coefficient (Wildman–Crippen LogP) is 2.63. The minimum Gasteiger partial charge on any atom is -0.366 e. The summed E-state index contributed by atoms with van der Waals surface area (Å²) in [6, 6.07) is 7.75. The fourth-order valence-electron chi connectivity index (χ4n) is 4.78. The van der Waals surface area contributed by atoms with Crippen molar-refractivity contribution in [2.75, 3.05) is 24.5 Å². The number of halogens is 1. The van der Waals surface area contributed by atoms with Crippen LogP contribution in [0.15, 0.2) is 36.8 Å². The first-order valence-corrected chi connectivity index (χ1v) is 10.6. The SMILES string of the molecule is Cc1ncc(N2CCN3C(=O)[C@@H](CCCc4cccc5ncnn45)C[C@H]3C2)cc1F. The monoisotopic (exact) mass is 408 g/mol. The molecule has 0 bridgehead atoms. The number of aromatic nitrogens is 4. The van der Waals surface area contributed by atoms with Gasteiger partial charge >= 0.3 is 0 Å². The van der Waals surface area contributed by atoms with Gasteiger partial charge in [0.2, 0.25) is 5.91 Å². The number of carbonyl (C=O) groups excluding carboxylic acids is 1. The van der Waals surface area contributed by atoms with E-state index in [0.29, 0.717) is 18.8 Å². The Morgan fingerprint density at radius 2 is 2.13 bits per heavy atom. The lowest BCUT2D eigenvalue weighted by Gasteiger charge is -2.38. The van der Waals surface area contributed by atoms with Gasteiger partial charge in [0.15, 0.2) is 5.65 Å². The highest BCUT2D eigenvalue weighted by molar-refractivity contribution is 5.82. The molecule has 2 fully saturated rings. The van der Waals surface area contributed by atoms with Gasteiger partial charge in [-0.3, -0.25) is 9.78 Å². The van der Waals surface area contributed by atoms with E-state index in [1.54, 1.807) is 25.5 Å². The number of hydrogen-bond acceptors (Lipinski definition) is 5. The fraction of sp³-hybridized carbons (Fsp3) is 0.455. The van der Waals surface area contributed by atoms with Gasteiger partial charge in [-0.25, -0.2) is 13.9 Å². The Hall–Kier alpha value is -3.03. The van der Waals surface area contributed by atoms with Gasteiger partial charge in [-0.05, 0) is 44.7 Å². The topological polar surface area (TPSA) is 66.6 Å². The maximum Gasteiger partial charge on any atom is 0.226 e. The van der Waals surface area contributed by atoms with Gasteiger partial charge in [-0.15, -0.1) is 0 Å². The van der Waals surface area contributed by atoms with E-state index in [0.717, 1.165) is 49.3 Å². The third-order valence-electron chi connectivity index (χ3n) is 6.41. The third kappa shape index (κ3) is 3.40. The van der Waals surface area contributed by atoms with Crippen molar-refractivity contribution in [3.05, 3.63) is 54.0 Å². The predicted molar refractivity (Wildman–Crippen MR) is 111 cm³/mol. The Morgan fingerprint density at radius 3 is 3.00 bits per heavy atom. The number of rotatable bonds is 5. The Bertz CT molecular complexity index is 1080. The van der Waals surface area contributed by atoms with Crippen molar-refractivity contribution >= 4 is 17.2 Å². The molecule has 0 radical (unpaired) electrons. The fourth-order valence-corrected chi connectivity index (χ4v) is 4.78. The zero-order valence-electron chi connectivity index (χ0n) is 17.0. The highest BCUT2D eigenvalue weighted by Gasteiger charge is 2.41. The number of piperazine rings is 1. The van der Waals surface area contributed by atoms with Crippen LogP contribution >= 0.6 is 0 Å². The summed E-state index contributed by atoms with van der Waals surface area (Å²) >= 11 is 0. The number of pyridine rings is 2. The van der Waals surface area contributed by atoms with Crippen LogP contribution in [0.25, 0.3) is 5.65 Å². The van der Waals surface area contributed by atoms with Crippen LogP contribution in [0.2, 0.25) is 0 Å². The van der Waals surface area contributed by atoms with E-state index in [2.05, 4.69) is 26.0 Å². The quantitative estimate of drug-likeness (QED) is 0.649. The number of aryl methyl sites for hydroxylation is 2. The third-order valence-corrected chi connectivity index (χ3v) is 6.41. The number of anilines is 1. The zero-order chi connectivity index (χ0) is 20.7. The summed E-state index contributed by atoms with van der Waals surface area (Å²) < 4.78 is 15.8. The second-order valence-corrected chi connectivity index (χ2v) is 8.26. The normalized spacial score (nSPS) is 21.5. The molecule has 0 saturated carbocycles. The Kier molecular flexibility index (Phi) is 4.84. The number of nitrogens with zero attached hydrogens (tertiary/aromatic N) is 6. The molecule has 156 valence electrons. The maximum absolute atomic E-state index is 13.9. The largest absolute Gasteiger partial charge is 0.366 e. The molecule has 3 aromatic rings. The molecule has 2 atom stereocenters. The van der Waals surface area contributed by atoms with Gasteiger partial charge in [0.1, 0.15) is 12.1 Å². The van der Waals surface area contributed by atoms with Crippen molar-refractivity contribution in [2.24, 2.45) is 5.92 Å². The average Bonchev–Trinajstić information content (AvgIpc) is 3.35. The van der Waals surface area contributed by atoms with Crippen LogP contribution in [0.3, 0.4) is 0 Å². The maximum atomic E-state index is 13.9. The second-order valence-electron chi connectivity index (χ2n) is 8.26.